The lowest BCUT2D eigenvalue weighted by atomic mass is 9.85. The maximum atomic E-state index is 11.8. The Morgan fingerprint density at radius 2 is 2.00 bits per heavy atom. The van der Waals surface area contributed by atoms with Crippen molar-refractivity contribution in [1.29, 1.82) is 0 Å². The molecule has 2 heteroatoms. The van der Waals surface area contributed by atoms with Gasteiger partial charge in [0.1, 0.15) is 0 Å². The van der Waals surface area contributed by atoms with E-state index in [0.717, 1.165) is 16.2 Å². The van der Waals surface area contributed by atoms with Crippen molar-refractivity contribution in [3.63, 3.8) is 0 Å². The number of fused-ring (bicyclic) bond motifs is 1. The summed E-state index contributed by atoms with van der Waals surface area (Å²) in [4.78, 5) is 12.9. The van der Waals surface area contributed by atoms with Gasteiger partial charge in [0, 0.05) is 22.6 Å². The summed E-state index contributed by atoms with van der Waals surface area (Å²) in [5.74, 6) is 1.23. The summed E-state index contributed by atoms with van der Waals surface area (Å²) in [5.41, 5.74) is 2.30. The maximum absolute atomic E-state index is 11.8. The van der Waals surface area contributed by atoms with Crippen molar-refractivity contribution in [2.24, 2.45) is 0 Å². The van der Waals surface area contributed by atoms with Gasteiger partial charge in [-0.1, -0.05) is 26.8 Å². The number of benzene rings is 1. The number of Topliss-reactive ketones (excluding diaryl/α,β-unsaturated/α-hetero) is 1. The van der Waals surface area contributed by atoms with E-state index in [1.807, 2.05) is 0 Å². The van der Waals surface area contributed by atoms with Crippen LogP contribution in [0.4, 0.5) is 0 Å². The van der Waals surface area contributed by atoms with Gasteiger partial charge in [0.25, 0.3) is 0 Å². The first-order valence-electron chi connectivity index (χ1n) is 5.29. The molecule has 0 saturated carbocycles. The Hall–Kier alpha value is -0.760. The fourth-order valence-corrected chi connectivity index (χ4v) is 2.73. The van der Waals surface area contributed by atoms with Crippen LogP contribution in [0.1, 0.15) is 43.1 Å². The van der Waals surface area contributed by atoms with E-state index in [1.165, 1.54) is 5.56 Å². The second-order valence-corrected chi connectivity index (χ2v) is 6.12. The number of thioether (sulfide) groups is 1. The van der Waals surface area contributed by atoms with E-state index in [9.17, 15) is 4.79 Å². The van der Waals surface area contributed by atoms with E-state index in [4.69, 9.17) is 0 Å². The smallest absolute Gasteiger partial charge is 0.164 e. The molecule has 15 heavy (non-hydrogen) atoms. The van der Waals surface area contributed by atoms with Crippen molar-refractivity contribution in [2.75, 3.05) is 5.75 Å². The second-order valence-electron chi connectivity index (χ2n) is 4.98. The molecule has 0 radical (unpaired) electrons. The molecule has 0 fully saturated rings. The molecule has 1 aromatic rings. The Morgan fingerprint density at radius 3 is 2.67 bits per heavy atom. The molecule has 0 spiro atoms. The SMILES string of the molecule is CC(C)(C)c1ccc2c(c1)C(=O)CCS2. The fourth-order valence-electron chi connectivity index (χ4n) is 1.73. The molecule has 0 aliphatic carbocycles. The van der Waals surface area contributed by atoms with E-state index < -0.39 is 0 Å². The van der Waals surface area contributed by atoms with Crippen LogP contribution in [-0.4, -0.2) is 11.5 Å². The zero-order valence-corrected chi connectivity index (χ0v) is 10.3. The minimum absolute atomic E-state index is 0.122. The molecule has 1 aromatic carbocycles. The van der Waals surface area contributed by atoms with Gasteiger partial charge in [0.2, 0.25) is 0 Å². The average Bonchev–Trinajstić information content (AvgIpc) is 2.16. The molecule has 80 valence electrons. The number of carbonyl (C=O) groups is 1. The van der Waals surface area contributed by atoms with Crippen molar-refractivity contribution in [3.05, 3.63) is 29.3 Å². The minimum atomic E-state index is 0.122. The number of rotatable bonds is 0. The van der Waals surface area contributed by atoms with E-state index in [2.05, 4.69) is 39.0 Å². The summed E-state index contributed by atoms with van der Waals surface area (Å²) in [6, 6.07) is 6.31. The molecule has 1 aliphatic rings. The topological polar surface area (TPSA) is 17.1 Å². The van der Waals surface area contributed by atoms with Crippen molar-refractivity contribution >= 4 is 17.5 Å². The second kappa shape index (κ2) is 3.67. The Bertz CT molecular complexity index is 401. The van der Waals surface area contributed by atoms with Gasteiger partial charge in [0.15, 0.2) is 5.78 Å². The quantitative estimate of drug-likeness (QED) is 0.663. The molecular weight excluding hydrogens is 204 g/mol. The van der Waals surface area contributed by atoms with Crippen LogP contribution in [0.3, 0.4) is 0 Å². The summed E-state index contributed by atoms with van der Waals surface area (Å²) < 4.78 is 0. The lowest BCUT2D eigenvalue weighted by Gasteiger charge is -2.22. The summed E-state index contributed by atoms with van der Waals surface area (Å²) >= 11 is 1.79. The maximum Gasteiger partial charge on any atom is 0.164 e. The third kappa shape index (κ3) is 2.10. The first-order valence-corrected chi connectivity index (χ1v) is 6.27. The van der Waals surface area contributed by atoms with Gasteiger partial charge in [0.05, 0.1) is 0 Å². The molecule has 0 N–H and O–H groups in total. The molecule has 2 rings (SSSR count). The van der Waals surface area contributed by atoms with Crippen molar-refractivity contribution in [1.82, 2.24) is 0 Å². The fraction of sp³-hybridized carbons (Fsp3) is 0.462. The molecule has 0 saturated heterocycles. The van der Waals surface area contributed by atoms with Crippen LogP contribution < -0.4 is 0 Å². The largest absolute Gasteiger partial charge is 0.294 e. The van der Waals surface area contributed by atoms with E-state index in [0.29, 0.717) is 12.2 Å². The van der Waals surface area contributed by atoms with Gasteiger partial charge in [-0.2, -0.15) is 0 Å². The average molecular weight is 220 g/mol. The highest BCUT2D eigenvalue weighted by molar-refractivity contribution is 7.99. The summed E-state index contributed by atoms with van der Waals surface area (Å²) in [6.45, 7) is 6.53. The highest BCUT2D eigenvalue weighted by atomic mass is 32.2. The zero-order chi connectivity index (χ0) is 11.1. The number of ketones is 1. The molecule has 0 amide bonds. The van der Waals surface area contributed by atoms with Crippen LogP contribution in [-0.2, 0) is 5.41 Å². The highest BCUT2D eigenvalue weighted by Gasteiger charge is 2.21. The normalized spacial score (nSPS) is 16.3. The van der Waals surface area contributed by atoms with Crippen molar-refractivity contribution < 1.29 is 4.79 Å². The van der Waals surface area contributed by atoms with E-state index in [-0.39, 0.29) is 5.41 Å². The molecule has 1 heterocycles. The number of hydrogen-bond acceptors (Lipinski definition) is 2. The first kappa shape index (κ1) is 10.7. The minimum Gasteiger partial charge on any atom is -0.294 e. The predicted octanol–water partition coefficient (Wildman–Crippen LogP) is 3.66. The number of hydrogen-bond donors (Lipinski definition) is 0. The van der Waals surface area contributed by atoms with Crippen LogP contribution in [0.25, 0.3) is 0 Å². The van der Waals surface area contributed by atoms with Gasteiger partial charge < -0.3 is 0 Å². The van der Waals surface area contributed by atoms with Crippen molar-refractivity contribution in [2.45, 2.75) is 37.5 Å². The van der Waals surface area contributed by atoms with Gasteiger partial charge in [-0.05, 0) is 23.1 Å². The lowest BCUT2D eigenvalue weighted by Crippen LogP contribution is -2.14. The van der Waals surface area contributed by atoms with Crippen LogP contribution in [0.2, 0.25) is 0 Å². The standard InChI is InChI=1S/C13H16OS/c1-13(2,3)9-4-5-12-10(8-9)11(14)6-7-15-12/h4-5,8H,6-7H2,1-3H3. The summed E-state index contributed by atoms with van der Waals surface area (Å²) in [7, 11) is 0. The van der Waals surface area contributed by atoms with Crippen LogP contribution in [0.15, 0.2) is 23.1 Å². The van der Waals surface area contributed by atoms with Gasteiger partial charge >= 0.3 is 0 Å². The molecule has 0 unspecified atom stereocenters. The molecule has 0 aromatic heterocycles. The molecule has 1 aliphatic heterocycles. The Balaban J connectivity index is 2.49. The predicted molar refractivity (Wildman–Crippen MR) is 64.8 cm³/mol. The molecule has 1 nitrogen and oxygen atoms in total. The van der Waals surface area contributed by atoms with E-state index >= 15 is 0 Å². The lowest BCUT2D eigenvalue weighted by molar-refractivity contribution is 0.0984. The third-order valence-corrected chi connectivity index (χ3v) is 3.81. The van der Waals surface area contributed by atoms with Crippen LogP contribution in [0.5, 0.6) is 0 Å². The van der Waals surface area contributed by atoms with Crippen LogP contribution >= 0.6 is 11.8 Å². The molecule has 0 atom stereocenters. The Kier molecular flexibility index (Phi) is 2.63. The Morgan fingerprint density at radius 1 is 1.27 bits per heavy atom. The highest BCUT2D eigenvalue weighted by Crippen LogP contribution is 2.33. The molecular formula is C13H16OS. The number of carbonyl (C=O) groups excluding carboxylic acids is 1. The van der Waals surface area contributed by atoms with Crippen LogP contribution in [0, 0.1) is 0 Å². The zero-order valence-electron chi connectivity index (χ0n) is 9.46. The van der Waals surface area contributed by atoms with Crippen molar-refractivity contribution in [3.8, 4) is 0 Å². The van der Waals surface area contributed by atoms with Gasteiger partial charge in [-0.25, -0.2) is 0 Å². The van der Waals surface area contributed by atoms with E-state index in [1.54, 1.807) is 11.8 Å². The summed E-state index contributed by atoms with van der Waals surface area (Å²) in [5, 5.41) is 0. The summed E-state index contributed by atoms with van der Waals surface area (Å²) in [6.07, 6.45) is 0.686. The van der Waals surface area contributed by atoms with Gasteiger partial charge in [-0.15, -0.1) is 11.8 Å². The monoisotopic (exact) mass is 220 g/mol. The third-order valence-electron chi connectivity index (χ3n) is 2.73. The van der Waals surface area contributed by atoms with Gasteiger partial charge in [-0.3, -0.25) is 4.79 Å². The first-order chi connectivity index (χ1) is 6.98. The molecule has 0 bridgehead atoms. The Labute approximate surface area is 95.3 Å².